The fourth-order valence-corrected chi connectivity index (χ4v) is 3.72. The summed E-state index contributed by atoms with van der Waals surface area (Å²) in [6.45, 7) is 2.61. The summed E-state index contributed by atoms with van der Waals surface area (Å²) in [5.74, 6) is -0.0320. The second kappa shape index (κ2) is 7.73. The molecule has 2 N–H and O–H groups in total. The highest BCUT2D eigenvalue weighted by Gasteiger charge is 2.24. The minimum absolute atomic E-state index is 0.0320. The van der Waals surface area contributed by atoms with Gasteiger partial charge >= 0.3 is 0 Å². The fraction of sp³-hybridized carbons (Fsp3) is 0.389. The Hall–Kier alpha value is -1.69. The lowest BCUT2D eigenvalue weighted by Gasteiger charge is -2.24. The molecule has 0 unspecified atom stereocenters. The summed E-state index contributed by atoms with van der Waals surface area (Å²) in [6, 6.07) is 10.3. The van der Waals surface area contributed by atoms with E-state index in [1.165, 1.54) is 16.9 Å². The molecule has 1 aliphatic rings. The lowest BCUT2D eigenvalue weighted by Crippen LogP contribution is -2.32. The average molecular weight is 330 g/mol. The van der Waals surface area contributed by atoms with Crippen molar-refractivity contribution in [3.8, 4) is 0 Å². The van der Waals surface area contributed by atoms with E-state index in [-0.39, 0.29) is 18.6 Å². The first-order chi connectivity index (χ1) is 11.3. The van der Waals surface area contributed by atoms with E-state index in [0.29, 0.717) is 12.1 Å². The zero-order valence-corrected chi connectivity index (χ0v) is 13.9. The molecule has 1 fully saturated rings. The van der Waals surface area contributed by atoms with Crippen LogP contribution in [0.4, 0.5) is 0 Å². The predicted molar refractivity (Wildman–Crippen MR) is 92.4 cm³/mol. The van der Waals surface area contributed by atoms with Gasteiger partial charge in [-0.2, -0.15) is 11.3 Å². The van der Waals surface area contributed by atoms with E-state index in [0.717, 1.165) is 31.5 Å². The first kappa shape index (κ1) is 16.2. The molecule has 122 valence electrons. The lowest BCUT2D eigenvalue weighted by atomic mass is 10.1. The number of amides is 1. The fourth-order valence-electron chi connectivity index (χ4n) is 3.08. The molecule has 0 bridgehead atoms. The maximum Gasteiger partial charge on any atom is 0.252 e. The lowest BCUT2D eigenvalue weighted by molar-refractivity contribution is 0.0951. The van der Waals surface area contributed by atoms with Crippen LogP contribution in [0.3, 0.4) is 0 Å². The van der Waals surface area contributed by atoms with Gasteiger partial charge in [0.05, 0.1) is 6.61 Å². The molecule has 0 spiro atoms. The minimum atomic E-state index is -0.0320. The SMILES string of the molecule is O=C(NCc1ccccc1CN1CCC[C@H]1CO)c1ccsc1. The van der Waals surface area contributed by atoms with Gasteiger partial charge in [0.25, 0.3) is 5.91 Å². The molecule has 0 radical (unpaired) electrons. The molecule has 5 heteroatoms. The average Bonchev–Trinajstić information content (AvgIpc) is 3.25. The van der Waals surface area contributed by atoms with Crippen molar-refractivity contribution in [2.45, 2.75) is 32.0 Å². The molecule has 4 nitrogen and oxygen atoms in total. The number of aliphatic hydroxyl groups excluding tert-OH is 1. The molecule has 0 saturated carbocycles. The Bertz CT molecular complexity index is 642. The Balaban J connectivity index is 1.65. The number of carbonyl (C=O) groups is 1. The first-order valence-electron chi connectivity index (χ1n) is 8.00. The molecule has 2 aromatic rings. The normalized spacial score (nSPS) is 18.2. The van der Waals surface area contributed by atoms with E-state index in [1.807, 2.05) is 29.0 Å². The summed E-state index contributed by atoms with van der Waals surface area (Å²) >= 11 is 1.53. The Kier molecular flexibility index (Phi) is 5.43. The van der Waals surface area contributed by atoms with Gasteiger partial charge in [-0.15, -0.1) is 0 Å². The molecule has 1 atom stereocenters. The van der Waals surface area contributed by atoms with Crippen molar-refractivity contribution in [2.75, 3.05) is 13.2 Å². The van der Waals surface area contributed by atoms with Crippen LogP contribution in [-0.2, 0) is 13.1 Å². The molecule has 1 amide bonds. The minimum Gasteiger partial charge on any atom is -0.395 e. The smallest absolute Gasteiger partial charge is 0.252 e. The number of aliphatic hydroxyl groups is 1. The maximum atomic E-state index is 12.1. The van der Waals surface area contributed by atoms with Crippen LogP contribution in [0, 0.1) is 0 Å². The monoisotopic (exact) mass is 330 g/mol. The highest BCUT2D eigenvalue weighted by atomic mass is 32.1. The zero-order chi connectivity index (χ0) is 16.1. The number of carbonyl (C=O) groups excluding carboxylic acids is 1. The summed E-state index contributed by atoms with van der Waals surface area (Å²) in [7, 11) is 0. The maximum absolute atomic E-state index is 12.1. The van der Waals surface area contributed by atoms with Gasteiger partial charge in [-0.1, -0.05) is 24.3 Å². The van der Waals surface area contributed by atoms with Crippen molar-refractivity contribution in [2.24, 2.45) is 0 Å². The van der Waals surface area contributed by atoms with Gasteiger partial charge in [0.15, 0.2) is 0 Å². The topological polar surface area (TPSA) is 52.6 Å². The number of hydrogen-bond donors (Lipinski definition) is 2. The molecule has 3 rings (SSSR count). The van der Waals surface area contributed by atoms with Crippen molar-refractivity contribution in [1.82, 2.24) is 10.2 Å². The zero-order valence-electron chi connectivity index (χ0n) is 13.1. The third-order valence-corrected chi connectivity index (χ3v) is 5.11. The summed E-state index contributed by atoms with van der Waals surface area (Å²) in [6.07, 6.45) is 2.20. The third kappa shape index (κ3) is 3.99. The molecular formula is C18H22N2O2S. The van der Waals surface area contributed by atoms with Gasteiger partial charge in [-0.3, -0.25) is 9.69 Å². The number of hydrogen-bond acceptors (Lipinski definition) is 4. The van der Waals surface area contributed by atoms with Crippen LogP contribution >= 0.6 is 11.3 Å². The van der Waals surface area contributed by atoms with Gasteiger partial charge in [0, 0.05) is 30.1 Å². The summed E-state index contributed by atoms with van der Waals surface area (Å²) in [4.78, 5) is 14.4. The Morgan fingerprint density at radius 3 is 2.87 bits per heavy atom. The van der Waals surface area contributed by atoms with Gasteiger partial charge in [0.1, 0.15) is 0 Å². The van der Waals surface area contributed by atoms with Gasteiger partial charge < -0.3 is 10.4 Å². The van der Waals surface area contributed by atoms with Crippen molar-refractivity contribution in [3.63, 3.8) is 0 Å². The van der Waals surface area contributed by atoms with Crippen LogP contribution in [0.2, 0.25) is 0 Å². The van der Waals surface area contributed by atoms with Gasteiger partial charge in [0.2, 0.25) is 0 Å². The standard InChI is InChI=1S/C18H22N2O2S/c21-12-17-6-3-8-20(17)11-15-5-2-1-4-14(15)10-19-18(22)16-7-9-23-13-16/h1-2,4-5,7,9,13,17,21H,3,6,8,10-12H2,(H,19,22)/t17-/m0/s1. The van der Waals surface area contributed by atoms with E-state index in [4.69, 9.17) is 0 Å². The molecule has 0 aliphatic carbocycles. The molecule has 1 aromatic carbocycles. The molecule has 1 saturated heterocycles. The van der Waals surface area contributed by atoms with E-state index in [9.17, 15) is 9.90 Å². The van der Waals surface area contributed by atoms with Crippen molar-refractivity contribution in [1.29, 1.82) is 0 Å². The number of nitrogens with zero attached hydrogens (tertiary/aromatic N) is 1. The van der Waals surface area contributed by atoms with Crippen LogP contribution in [0.5, 0.6) is 0 Å². The quantitative estimate of drug-likeness (QED) is 0.856. The van der Waals surface area contributed by atoms with Crippen molar-refractivity contribution < 1.29 is 9.90 Å². The van der Waals surface area contributed by atoms with Crippen LogP contribution in [0.25, 0.3) is 0 Å². The number of likely N-dealkylation sites (tertiary alicyclic amines) is 1. The summed E-state index contributed by atoms with van der Waals surface area (Å²) in [5.41, 5.74) is 3.07. The Morgan fingerprint density at radius 2 is 2.13 bits per heavy atom. The van der Waals surface area contributed by atoms with E-state index < -0.39 is 0 Å². The molecule has 1 aromatic heterocycles. The Morgan fingerprint density at radius 1 is 1.30 bits per heavy atom. The predicted octanol–water partition coefficient (Wildman–Crippen LogP) is 2.63. The highest BCUT2D eigenvalue weighted by Crippen LogP contribution is 2.21. The summed E-state index contributed by atoms with van der Waals surface area (Å²) in [5, 5.41) is 16.2. The molecule has 23 heavy (non-hydrogen) atoms. The van der Waals surface area contributed by atoms with E-state index in [2.05, 4.69) is 22.3 Å². The van der Waals surface area contributed by atoms with Gasteiger partial charge in [-0.25, -0.2) is 0 Å². The largest absolute Gasteiger partial charge is 0.395 e. The summed E-state index contributed by atoms with van der Waals surface area (Å²) < 4.78 is 0. The number of rotatable bonds is 6. The number of benzene rings is 1. The number of thiophene rings is 1. The molecule has 2 heterocycles. The first-order valence-corrected chi connectivity index (χ1v) is 8.94. The van der Waals surface area contributed by atoms with Crippen LogP contribution in [-0.4, -0.2) is 35.1 Å². The highest BCUT2D eigenvalue weighted by molar-refractivity contribution is 7.08. The van der Waals surface area contributed by atoms with Crippen molar-refractivity contribution >= 4 is 17.2 Å². The van der Waals surface area contributed by atoms with Crippen molar-refractivity contribution in [3.05, 3.63) is 57.8 Å². The van der Waals surface area contributed by atoms with E-state index >= 15 is 0 Å². The van der Waals surface area contributed by atoms with Crippen LogP contribution < -0.4 is 5.32 Å². The molecular weight excluding hydrogens is 308 g/mol. The third-order valence-electron chi connectivity index (χ3n) is 4.42. The van der Waals surface area contributed by atoms with E-state index in [1.54, 1.807) is 0 Å². The van der Waals surface area contributed by atoms with Gasteiger partial charge in [-0.05, 0) is 42.0 Å². The second-order valence-electron chi connectivity index (χ2n) is 5.91. The Labute approximate surface area is 140 Å². The van der Waals surface area contributed by atoms with Crippen LogP contribution in [0.15, 0.2) is 41.1 Å². The number of nitrogens with one attached hydrogen (secondary N) is 1. The second-order valence-corrected chi connectivity index (χ2v) is 6.69. The molecule has 1 aliphatic heterocycles. The van der Waals surface area contributed by atoms with Crippen LogP contribution in [0.1, 0.15) is 34.3 Å².